The Morgan fingerprint density at radius 2 is 2.32 bits per heavy atom. The van der Waals surface area contributed by atoms with Crippen molar-refractivity contribution in [2.24, 2.45) is 0 Å². The Bertz CT molecular complexity index is 465. The number of amides is 2. The first-order valence-electron chi connectivity index (χ1n) is 5.92. The quantitative estimate of drug-likeness (QED) is 0.703. The van der Waals surface area contributed by atoms with Crippen LogP contribution in [0.4, 0.5) is 4.79 Å². The maximum atomic E-state index is 11.9. The van der Waals surface area contributed by atoms with Gasteiger partial charge in [0, 0.05) is 31.9 Å². The summed E-state index contributed by atoms with van der Waals surface area (Å²) in [7, 11) is 0. The highest BCUT2D eigenvalue weighted by atomic mass is 16.4. The Labute approximate surface area is 109 Å². The third-order valence-electron chi connectivity index (χ3n) is 2.99. The molecule has 102 valence electrons. The Kier molecular flexibility index (Phi) is 3.96. The van der Waals surface area contributed by atoms with Crippen molar-refractivity contribution in [3.63, 3.8) is 0 Å². The summed E-state index contributed by atoms with van der Waals surface area (Å²) in [5.41, 5.74) is 0.822. The molecule has 1 saturated heterocycles. The van der Waals surface area contributed by atoms with E-state index in [-0.39, 0.29) is 19.5 Å². The summed E-state index contributed by atoms with van der Waals surface area (Å²) in [6.07, 6.45) is 2.52. The third-order valence-corrected chi connectivity index (χ3v) is 2.99. The molecule has 0 radical (unpaired) electrons. The van der Waals surface area contributed by atoms with Gasteiger partial charge in [-0.25, -0.2) is 9.59 Å². The normalized spacial score (nSPS) is 22.3. The number of hydrogen-bond acceptors (Lipinski definition) is 4. The molecule has 3 N–H and O–H groups in total. The number of carbonyl (C=O) groups is 2. The van der Waals surface area contributed by atoms with Gasteiger partial charge in [0.05, 0.1) is 6.10 Å². The Morgan fingerprint density at radius 1 is 1.53 bits per heavy atom. The largest absolute Gasteiger partial charge is 0.480 e. The molecule has 1 aromatic rings. The molecule has 1 aliphatic rings. The zero-order chi connectivity index (χ0) is 13.8. The summed E-state index contributed by atoms with van der Waals surface area (Å²) >= 11 is 0. The van der Waals surface area contributed by atoms with Crippen molar-refractivity contribution in [2.75, 3.05) is 6.54 Å². The van der Waals surface area contributed by atoms with Gasteiger partial charge in [0.1, 0.15) is 6.04 Å². The lowest BCUT2D eigenvalue weighted by Gasteiger charge is -2.21. The Morgan fingerprint density at radius 3 is 2.95 bits per heavy atom. The van der Waals surface area contributed by atoms with E-state index >= 15 is 0 Å². The minimum absolute atomic E-state index is 0.0375. The number of carbonyl (C=O) groups excluding carboxylic acids is 1. The standard InChI is InChI=1S/C12H15N3O4/c16-9-4-10(11(17)18)15(7-9)12(19)14-6-8-2-1-3-13-5-8/h1-3,5,9-10,16H,4,6-7H2,(H,14,19)(H,17,18)/t9-,10+/m1/s1. The summed E-state index contributed by atoms with van der Waals surface area (Å²) in [4.78, 5) is 28.0. The molecule has 2 atom stereocenters. The highest BCUT2D eigenvalue weighted by Crippen LogP contribution is 2.18. The first-order chi connectivity index (χ1) is 9.08. The van der Waals surface area contributed by atoms with E-state index in [4.69, 9.17) is 5.11 Å². The topological polar surface area (TPSA) is 103 Å². The molecule has 0 aromatic carbocycles. The second-order valence-electron chi connectivity index (χ2n) is 4.42. The third kappa shape index (κ3) is 3.19. The molecule has 2 rings (SSSR count). The SMILES string of the molecule is O=C(O)[C@@H]1C[C@@H](O)CN1C(=O)NCc1cccnc1. The molecule has 0 bridgehead atoms. The number of nitrogens with one attached hydrogen (secondary N) is 1. The van der Waals surface area contributed by atoms with Gasteiger partial charge in [-0.15, -0.1) is 0 Å². The number of aliphatic carboxylic acids is 1. The van der Waals surface area contributed by atoms with Crippen LogP contribution in [0.1, 0.15) is 12.0 Å². The number of carboxylic acid groups (broad SMARTS) is 1. The van der Waals surface area contributed by atoms with E-state index < -0.39 is 24.1 Å². The maximum Gasteiger partial charge on any atom is 0.326 e. The van der Waals surface area contributed by atoms with Gasteiger partial charge in [-0.2, -0.15) is 0 Å². The van der Waals surface area contributed by atoms with Crippen LogP contribution in [0.3, 0.4) is 0 Å². The van der Waals surface area contributed by atoms with Gasteiger partial charge in [0.2, 0.25) is 0 Å². The molecule has 1 aliphatic heterocycles. The molecule has 0 saturated carbocycles. The number of urea groups is 1. The van der Waals surface area contributed by atoms with Gasteiger partial charge in [-0.05, 0) is 11.6 Å². The molecule has 1 fully saturated rings. The van der Waals surface area contributed by atoms with Crippen LogP contribution >= 0.6 is 0 Å². The lowest BCUT2D eigenvalue weighted by Crippen LogP contribution is -2.45. The molecule has 19 heavy (non-hydrogen) atoms. The van der Waals surface area contributed by atoms with Gasteiger partial charge >= 0.3 is 12.0 Å². The van der Waals surface area contributed by atoms with Gasteiger partial charge in [-0.1, -0.05) is 6.07 Å². The van der Waals surface area contributed by atoms with E-state index in [1.54, 1.807) is 24.5 Å². The summed E-state index contributed by atoms with van der Waals surface area (Å²) < 4.78 is 0. The molecule has 0 aliphatic carbocycles. The van der Waals surface area contributed by atoms with E-state index in [9.17, 15) is 14.7 Å². The number of hydrogen-bond donors (Lipinski definition) is 3. The van der Waals surface area contributed by atoms with E-state index in [0.29, 0.717) is 0 Å². The number of rotatable bonds is 3. The van der Waals surface area contributed by atoms with Crippen molar-refractivity contribution in [1.82, 2.24) is 15.2 Å². The molecular formula is C12H15N3O4. The predicted octanol–water partition coefficient (Wildman–Crippen LogP) is -0.189. The lowest BCUT2D eigenvalue weighted by molar-refractivity contribution is -0.141. The number of aromatic nitrogens is 1. The van der Waals surface area contributed by atoms with Gasteiger partial charge in [-0.3, -0.25) is 4.98 Å². The van der Waals surface area contributed by atoms with Crippen molar-refractivity contribution >= 4 is 12.0 Å². The predicted molar refractivity (Wildman–Crippen MR) is 65.2 cm³/mol. The second-order valence-corrected chi connectivity index (χ2v) is 4.42. The average molecular weight is 265 g/mol. The van der Waals surface area contributed by atoms with E-state index in [2.05, 4.69) is 10.3 Å². The van der Waals surface area contributed by atoms with Crippen LogP contribution in [0.2, 0.25) is 0 Å². The highest BCUT2D eigenvalue weighted by Gasteiger charge is 2.38. The van der Waals surface area contributed by atoms with Crippen LogP contribution in [0.15, 0.2) is 24.5 Å². The number of carboxylic acids is 1. The van der Waals surface area contributed by atoms with Gasteiger partial charge in [0.15, 0.2) is 0 Å². The Balaban J connectivity index is 1.94. The molecule has 7 heteroatoms. The first-order valence-corrected chi connectivity index (χ1v) is 5.92. The van der Waals surface area contributed by atoms with Crippen molar-refractivity contribution in [2.45, 2.75) is 25.1 Å². The van der Waals surface area contributed by atoms with Crippen LogP contribution in [-0.2, 0) is 11.3 Å². The smallest absolute Gasteiger partial charge is 0.326 e. The Hall–Kier alpha value is -2.15. The van der Waals surface area contributed by atoms with Crippen LogP contribution in [0, 0.1) is 0 Å². The fourth-order valence-electron chi connectivity index (χ4n) is 2.05. The van der Waals surface area contributed by atoms with Crippen LogP contribution < -0.4 is 5.32 Å². The summed E-state index contributed by atoms with van der Waals surface area (Å²) in [5.74, 6) is -1.10. The first kappa shape index (κ1) is 13.3. The lowest BCUT2D eigenvalue weighted by atomic mass is 10.2. The minimum Gasteiger partial charge on any atom is -0.480 e. The molecule has 2 amide bonds. The fraction of sp³-hybridized carbons (Fsp3) is 0.417. The highest BCUT2D eigenvalue weighted by molar-refractivity contribution is 5.83. The number of pyridine rings is 1. The summed E-state index contributed by atoms with van der Waals surface area (Å²) in [6.45, 7) is 0.307. The number of likely N-dealkylation sites (tertiary alicyclic amines) is 1. The van der Waals surface area contributed by atoms with Crippen molar-refractivity contribution in [1.29, 1.82) is 0 Å². The minimum atomic E-state index is -1.10. The van der Waals surface area contributed by atoms with Crippen LogP contribution in [0.5, 0.6) is 0 Å². The summed E-state index contributed by atoms with van der Waals surface area (Å²) in [6, 6.07) is 2.10. The molecule has 1 aromatic heterocycles. The van der Waals surface area contributed by atoms with Crippen molar-refractivity contribution in [3.05, 3.63) is 30.1 Å². The number of aliphatic hydroxyl groups is 1. The van der Waals surface area contributed by atoms with E-state index in [1.807, 2.05) is 0 Å². The molecule has 0 unspecified atom stereocenters. The van der Waals surface area contributed by atoms with Crippen molar-refractivity contribution < 1.29 is 19.8 Å². The summed E-state index contributed by atoms with van der Waals surface area (Å²) in [5, 5.41) is 21.1. The van der Waals surface area contributed by atoms with E-state index in [0.717, 1.165) is 10.5 Å². The van der Waals surface area contributed by atoms with Crippen molar-refractivity contribution in [3.8, 4) is 0 Å². The zero-order valence-electron chi connectivity index (χ0n) is 10.2. The second kappa shape index (κ2) is 5.66. The molecule has 2 heterocycles. The van der Waals surface area contributed by atoms with Crippen LogP contribution in [-0.4, -0.2) is 50.8 Å². The number of aliphatic hydroxyl groups excluding tert-OH is 1. The van der Waals surface area contributed by atoms with Gasteiger partial charge < -0.3 is 20.4 Å². The zero-order valence-corrected chi connectivity index (χ0v) is 10.2. The average Bonchev–Trinajstić information content (AvgIpc) is 2.79. The van der Waals surface area contributed by atoms with Crippen LogP contribution in [0.25, 0.3) is 0 Å². The number of nitrogens with zero attached hydrogens (tertiary/aromatic N) is 2. The fourth-order valence-corrected chi connectivity index (χ4v) is 2.05. The van der Waals surface area contributed by atoms with E-state index in [1.165, 1.54) is 0 Å². The molecule has 0 spiro atoms. The monoisotopic (exact) mass is 265 g/mol. The van der Waals surface area contributed by atoms with Gasteiger partial charge in [0.25, 0.3) is 0 Å². The molecular weight excluding hydrogens is 250 g/mol. The maximum absolute atomic E-state index is 11.9. The number of β-amino-alcohol motifs (C(OH)–C–C–N with tert-alkyl or cyclic N) is 1. The molecule has 7 nitrogen and oxygen atoms in total.